The molecule has 0 amide bonds. The standard InChI is InChI=1S/C12H21N3S/c1-16-9-10(13)8-11-6-7-15(14-11)12-4-2-3-5-12/h6-7,10,12H,2-5,8-9,13H2,1H3. The molecule has 0 spiro atoms. The highest BCUT2D eigenvalue weighted by molar-refractivity contribution is 7.98. The monoisotopic (exact) mass is 239 g/mol. The Morgan fingerprint density at radius 2 is 2.31 bits per heavy atom. The Labute approximate surface area is 102 Å². The average Bonchev–Trinajstić information content (AvgIpc) is 2.86. The van der Waals surface area contributed by atoms with Gasteiger partial charge in [-0.3, -0.25) is 4.68 Å². The van der Waals surface area contributed by atoms with E-state index in [9.17, 15) is 0 Å². The summed E-state index contributed by atoms with van der Waals surface area (Å²) >= 11 is 1.80. The molecule has 90 valence electrons. The molecule has 0 aromatic carbocycles. The number of nitrogens with zero attached hydrogens (tertiary/aromatic N) is 2. The van der Waals surface area contributed by atoms with Crippen molar-refractivity contribution >= 4 is 11.8 Å². The maximum Gasteiger partial charge on any atom is 0.0640 e. The zero-order chi connectivity index (χ0) is 11.4. The van der Waals surface area contributed by atoms with E-state index in [2.05, 4.69) is 28.3 Å². The molecule has 1 atom stereocenters. The Morgan fingerprint density at radius 3 is 3.00 bits per heavy atom. The second kappa shape index (κ2) is 5.73. The minimum atomic E-state index is 0.238. The molecule has 2 N–H and O–H groups in total. The Bertz CT molecular complexity index is 318. The van der Waals surface area contributed by atoms with Gasteiger partial charge in [-0.15, -0.1) is 0 Å². The molecule has 0 bridgehead atoms. The summed E-state index contributed by atoms with van der Waals surface area (Å²) in [5.74, 6) is 1.01. The molecular weight excluding hydrogens is 218 g/mol. The van der Waals surface area contributed by atoms with Crippen molar-refractivity contribution < 1.29 is 0 Å². The Morgan fingerprint density at radius 1 is 1.56 bits per heavy atom. The van der Waals surface area contributed by atoms with Crippen LogP contribution in [0.3, 0.4) is 0 Å². The molecule has 1 aliphatic rings. The second-order valence-corrected chi connectivity index (χ2v) is 5.56. The van der Waals surface area contributed by atoms with Crippen LogP contribution in [0, 0.1) is 0 Å². The number of hydrogen-bond donors (Lipinski definition) is 1. The number of hydrogen-bond acceptors (Lipinski definition) is 3. The van der Waals surface area contributed by atoms with E-state index in [4.69, 9.17) is 5.73 Å². The van der Waals surface area contributed by atoms with Crippen LogP contribution in [0.15, 0.2) is 12.3 Å². The summed E-state index contributed by atoms with van der Waals surface area (Å²) in [6, 6.07) is 3.01. The summed E-state index contributed by atoms with van der Waals surface area (Å²) in [5, 5.41) is 4.64. The number of aromatic nitrogens is 2. The van der Waals surface area contributed by atoms with Crippen molar-refractivity contribution in [2.24, 2.45) is 5.73 Å². The first-order valence-electron chi connectivity index (χ1n) is 6.08. The first kappa shape index (κ1) is 12.0. The van der Waals surface area contributed by atoms with Crippen molar-refractivity contribution in [1.29, 1.82) is 0 Å². The molecule has 0 aliphatic heterocycles. The van der Waals surface area contributed by atoms with E-state index in [0.29, 0.717) is 6.04 Å². The van der Waals surface area contributed by atoms with Crippen molar-refractivity contribution in [1.82, 2.24) is 9.78 Å². The van der Waals surface area contributed by atoms with Gasteiger partial charge in [0, 0.05) is 24.4 Å². The van der Waals surface area contributed by atoms with Crippen molar-refractivity contribution in [2.45, 2.75) is 44.2 Å². The Hall–Kier alpha value is -0.480. The molecule has 1 aliphatic carbocycles. The van der Waals surface area contributed by atoms with Crippen molar-refractivity contribution in [3.05, 3.63) is 18.0 Å². The van der Waals surface area contributed by atoms with Crippen LogP contribution in [-0.2, 0) is 6.42 Å². The van der Waals surface area contributed by atoms with Gasteiger partial charge >= 0.3 is 0 Å². The van der Waals surface area contributed by atoms with Crippen LogP contribution >= 0.6 is 11.8 Å². The van der Waals surface area contributed by atoms with Crippen molar-refractivity contribution in [3.8, 4) is 0 Å². The van der Waals surface area contributed by atoms with Gasteiger partial charge in [-0.2, -0.15) is 16.9 Å². The molecule has 1 aromatic heterocycles. The van der Waals surface area contributed by atoms with E-state index in [1.165, 1.54) is 25.7 Å². The summed E-state index contributed by atoms with van der Waals surface area (Å²) in [5.41, 5.74) is 7.16. The first-order valence-corrected chi connectivity index (χ1v) is 7.47. The van der Waals surface area contributed by atoms with E-state index in [1.807, 2.05) is 0 Å². The smallest absolute Gasteiger partial charge is 0.0640 e. The SMILES string of the molecule is CSCC(N)Cc1ccn(C2CCCC2)n1. The fourth-order valence-corrected chi connectivity index (χ4v) is 2.95. The fraction of sp³-hybridized carbons (Fsp3) is 0.750. The third kappa shape index (κ3) is 3.01. The van der Waals surface area contributed by atoms with Gasteiger partial charge in [0.05, 0.1) is 11.7 Å². The summed E-state index contributed by atoms with van der Waals surface area (Å²) in [6.45, 7) is 0. The van der Waals surface area contributed by atoms with Crippen LogP contribution in [0.5, 0.6) is 0 Å². The predicted molar refractivity (Wildman–Crippen MR) is 69.8 cm³/mol. The van der Waals surface area contributed by atoms with Gasteiger partial charge in [0.2, 0.25) is 0 Å². The highest BCUT2D eigenvalue weighted by Crippen LogP contribution is 2.28. The first-order chi connectivity index (χ1) is 7.79. The molecule has 2 rings (SSSR count). The van der Waals surface area contributed by atoms with Gasteiger partial charge in [-0.1, -0.05) is 12.8 Å². The van der Waals surface area contributed by atoms with E-state index in [1.54, 1.807) is 11.8 Å². The highest BCUT2D eigenvalue weighted by atomic mass is 32.2. The molecule has 0 radical (unpaired) electrons. The lowest BCUT2D eigenvalue weighted by molar-refractivity contribution is 0.461. The molecule has 0 saturated heterocycles. The molecule has 1 saturated carbocycles. The Kier molecular flexibility index (Phi) is 4.29. The number of rotatable bonds is 5. The lowest BCUT2D eigenvalue weighted by atomic mass is 10.2. The van der Waals surface area contributed by atoms with Crippen LogP contribution in [0.4, 0.5) is 0 Å². The van der Waals surface area contributed by atoms with E-state index >= 15 is 0 Å². The van der Waals surface area contributed by atoms with Crippen molar-refractivity contribution in [2.75, 3.05) is 12.0 Å². The van der Waals surface area contributed by atoms with Gasteiger partial charge < -0.3 is 5.73 Å². The minimum absolute atomic E-state index is 0.238. The van der Waals surface area contributed by atoms with Crippen LogP contribution in [0.1, 0.15) is 37.4 Å². The quantitative estimate of drug-likeness (QED) is 0.857. The van der Waals surface area contributed by atoms with Gasteiger partial charge in [0.15, 0.2) is 0 Å². The molecule has 1 unspecified atom stereocenters. The molecule has 3 nitrogen and oxygen atoms in total. The Balaban J connectivity index is 1.91. The predicted octanol–water partition coefficient (Wildman–Crippen LogP) is 2.23. The largest absolute Gasteiger partial charge is 0.327 e. The zero-order valence-electron chi connectivity index (χ0n) is 9.93. The lowest BCUT2D eigenvalue weighted by Gasteiger charge is -2.10. The average molecular weight is 239 g/mol. The molecule has 1 aromatic rings. The van der Waals surface area contributed by atoms with E-state index < -0.39 is 0 Å². The van der Waals surface area contributed by atoms with E-state index in [-0.39, 0.29) is 6.04 Å². The third-order valence-electron chi connectivity index (χ3n) is 3.21. The lowest BCUT2D eigenvalue weighted by Crippen LogP contribution is -2.25. The van der Waals surface area contributed by atoms with Crippen LogP contribution < -0.4 is 5.73 Å². The van der Waals surface area contributed by atoms with Gasteiger partial charge in [0.1, 0.15) is 0 Å². The van der Waals surface area contributed by atoms with Gasteiger partial charge in [0.25, 0.3) is 0 Å². The topological polar surface area (TPSA) is 43.8 Å². The summed E-state index contributed by atoms with van der Waals surface area (Å²) in [7, 11) is 0. The molecule has 16 heavy (non-hydrogen) atoms. The van der Waals surface area contributed by atoms with Crippen LogP contribution in [0.25, 0.3) is 0 Å². The summed E-state index contributed by atoms with van der Waals surface area (Å²) < 4.78 is 2.15. The normalized spacial score (nSPS) is 19.1. The van der Waals surface area contributed by atoms with Crippen molar-refractivity contribution in [3.63, 3.8) is 0 Å². The molecule has 4 heteroatoms. The third-order valence-corrected chi connectivity index (χ3v) is 3.98. The molecule has 1 heterocycles. The van der Waals surface area contributed by atoms with E-state index in [0.717, 1.165) is 17.9 Å². The molecular formula is C12H21N3S. The number of thioether (sulfide) groups is 1. The summed E-state index contributed by atoms with van der Waals surface area (Å²) in [4.78, 5) is 0. The fourth-order valence-electron chi connectivity index (χ4n) is 2.40. The second-order valence-electron chi connectivity index (χ2n) is 4.64. The minimum Gasteiger partial charge on any atom is -0.327 e. The van der Waals surface area contributed by atoms with Crippen LogP contribution in [0.2, 0.25) is 0 Å². The summed E-state index contributed by atoms with van der Waals surface area (Å²) in [6.07, 6.45) is 10.4. The maximum atomic E-state index is 6.01. The highest BCUT2D eigenvalue weighted by Gasteiger charge is 2.17. The van der Waals surface area contributed by atoms with Gasteiger partial charge in [-0.05, 0) is 25.2 Å². The van der Waals surface area contributed by atoms with Crippen LogP contribution in [-0.4, -0.2) is 27.8 Å². The maximum absolute atomic E-state index is 6.01. The van der Waals surface area contributed by atoms with Gasteiger partial charge in [-0.25, -0.2) is 0 Å². The number of nitrogens with two attached hydrogens (primary N) is 1. The zero-order valence-corrected chi connectivity index (χ0v) is 10.7. The molecule has 1 fully saturated rings.